The summed E-state index contributed by atoms with van der Waals surface area (Å²) in [6.07, 6.45) is 1.55. The predicted molar refractivity (Wildman–Crippen MR) is 84.3 cm³/mol. The maximum atomic E-state index is 12.5. The molecule has 0 atom stereocenters. The van der Waals surface area contributed by atoms with Crippen LogP contribution in [0.3, 0.4) is 0 Å². The van der Waals surface area contributed by atoms with E-state index in [2.05, 4.69) is 0 Å². The second kappa shape index (κ2) is 4.32. The second-order valence-electron chi connectivity index (χ2n) is 5.16. The number of carbonyl (C=O) groups is 1. The van der Waals surface area contributed by atoms with Crippen molar-refractivity contribution in [3.05, 3.63) is 77.5 Å². The Balaban J connectivity index is 2.15. The summed E-state index contributed by atoms with van der Waals surface area (Å²) in [5.74, 6) is -0.503. The fourth-order valence-corrected chi connectivity index (χ4v) is 2.96. The molecule has 0 fully saturated rings. The van der Waals surface area contributed by atoms with Crippen molar-refractivity contribution < 1.29 is 9.90 Å². The highest BCUT2D eigenvalue weighted by Gasteiger charge is 2.24. The van der Waals surface area contributed by atoms with Crippen LogP contribution in [0.5, 0.6) is 0 Å². The first-order valence-electron chi connectivity index (χ1n) is 6.82. The molecule has 0 saturated heterocycles. The number of hydrogen-bond donors (Lipinski definition) is 1. The van der Waals surface area contributed by atoms with Crippen molar-refractivity contribution in [3.8, 4) is 11.1 Å². The van der Waals surface area contributed by atoms with Gasteiger partial charge in [0.15, 0.2) is 5.76 Å². The van der Waals surface area contributed by atoms with Gasteiger partial charge in [0.25, 0.3) is 0 Å². The van der Waals surface area contributed by atoms with Gasteiger partial charge in [-0.15, -0.1) is 0 Å². The molecule has 0 unspecified atom stereocenters. The third kappa shape index (κ3) is 1.69. The van der Waals surface area contributed by atoms with Gasteiger partial charge >= 0.3 is 0 Å². The number of Topliss-reactive ketones (excluding diaryl/α,β-unsaturated/α-hetero) is 1. The third-order valence-electron chi connectivity index (χ3n) is 3.91. The zero-order valence-electron chi connectivity index (χ0n) is 11.2. The molecule has 1 aliphatic carbocycles. The highest BCUT2D eigenvalue weighted by Crippen LogP contribution is 2.37. The van der Waals surface area contributed by atoms with Gasteiger partial charge in [-0.1, -0.05) is 60.7 Å². The summed E-state index contributed by atoms with van der Waals surface area (Å²) in [5, 5.41) is 11.9. The summed E-state index contributed by atoms with van der Waals surface area (Å²) in [6.45, 7) is 0. The molecule has 0 heterocycles. The van der Waals surface area contributed by atoms with E-state index in [4.69, 9.17) is 0 Å². The summed E-state index contributed by atoms with van der Waals surface area (Å²) in [5.41, 5.74) is 3.32. The molecule has 21 heavy (non-hydrogen) atoms. The van der Waals surface area contributed by atoms with E-state index < -0.39 is 0 Å². The number of hydrogen-bond acceptors (Lipinski definition) is 2. The molecular weight excluding hydrogens is 260 g/mol. The van der Waals surface area contributed by atoms with E-state index >= 15 is 0 Å². The van der Waals surface area contributed by atoms with Crippen LogP contribution in [0.1, 0.15) is 15.9 Å². The van der Waals surface area contributed by atoms with Crippen LogP contribution in [-0.2, 0) is 0 Å². The van der Waals surface area contributed by atoms with Crippen LogP contribution in [0.4, 0.5) is 0 Å². The second-order valence-corrected chi connectivity index (χ2v) is 5.16. The van der Waals surface area contributed by atoms with Gasteiger partial charge in [-0.2, -0.15) is 0 Å². The van der Waals surface area contributed by atoms with Crippen LogP contribution in [0.15, 0.2) is 66.4 Å². The Bertz CT molecular complexity index is 906. The van der Waals surface area contributed by atoms with Crippen molar-refractivity contribution in [1.82, 2.24) is 0 Å². The fraction of sp³-hybridized carbons (Fsp3) is 0. The van der Waals surface area contributed by atoms with Crippen LogP contribution >= 0.6 is 0 Å². The van der Waals surface area contributed by atoms with Gasteiger partial charge in [0, 0.05) is 10.9 Å². The molecule has 2 nitrogen and oxygen atoms in total. The van der Waals surface area contributed by atoms with Gasteiger partial charge in [0.1, 0.15) is 0 Å². The van der Waals surface area contributed by atoms with Crippen molar-refractivity contribution in [2.45, 2.75) is 0 Å². The molecule has 0 aliphatic heterocycles. The van der Waals surface area contributed by atoms with E-state index in [1.807, 2.05) is 60.7 Å². The van der Waals surface area contributed by atoms with Crippen LogP contribution in [0.25, 0.3) is 28.0 Å². The quantitative estimate of drug-likeness (QED) is 0.702. The van der Waals surface area contributed by atoms with E-state index in [0.29, 0.717) is 5.56 Å². The number of aliphatic hydroxyl groups excluding tert-OH is 1. The van der Waals surface area contributed by atoms with E-state index in [-0.39, 0.29) is 11.5 Å². The molecule has 0 aromatic heterocycles. The summed E-state index contributed by atoms with van der Waals surface area (Å²) in [4.78, 5) is 12.5. The lowest BCUT2D eigenvalue weighted by Crippen LogP contribution is -2.10. The van der Waals surface area contributed by atoms with Gasteiger partial charge in [-0.25, -0.2) is 0 Å². The van der Waals surface area contributed by atoms with Gasteiger partial charge in [0.2, 0.25) is 5.78 Å². The average molecular weight is 272 g/mol. The SMILES string of the molecule is O=C1C(O)=Cc2cccc3ccc(-c4ccccc4)c1c23. The topological polar surface area (TPSA) is 37.3 Å². The lowest BCUT2D eigenvalue weighted by molar-refractivity contribution is 0.0981. The minimum absolute atomic E-state index is 0.196. The number of aliphatic hydroxyl groups is 1. The molecule has 1 aliphatic rings. The van der Waals surface area contributed by atoms with Crippen molar-refractivity contribution in [1.29, 1.82) is 0 Å². The highest BCUT2D eigenvalue weighted by atomic mass is 16.3. The minimum Gasteiger partial charge on any atom is -0.504 e. The Labute approximate surface area is 122 Å². The maximum absolute atomic E-state index is 12.5. The lowest BCUT2D eigenvalue weighted by Gasteiger charge is -2.17. The molecule has 0 amide bonds. The van der Waals surface area contributed by atoms with Crippen molar-refractivity contribution >= 4 is 22.6 Å². The molecule has 0 spiro atoms. The molecule has 4 rings (SSSR count). The maximum Gasteiger partial charge on any atom is 0.228 e. The zero-order chi connectivity index (χ0) is 14.4. The van der Waals surface area contributed by atoms with E-state index in [1.165, 1.54) is 0 Å². The Morgan fingerprint density at radius 1 is 0.810 bits per heavy atom. The van der Waals surface area contributed by atoms with Crippen LogP contribution < -0.4 is 0 Å². The molecule has 1 N–H and O–H groups in total. The molecule has 0 bridgehead atoms. The lowest BCUT2D eigenvalue weighted by atomic mass is 9.86. The number of carbonyl (C=O) groups excluding carboxylic acids is 1. The summed E-state index contributed by atoms with van der Waals surface area (Å²) in [6, 6.07) is 19.6. The molecular formula is C19H12O2. The first-order valence-corrected chi connectivity index (χ1v) is 6.82. The minimum atomic E-state index is -0.307. The van der Waals surface area contributed by atoms with Crippen LogP contribution in [0.2, 0.25) is 0 Å². The van der Waals surface area contributed by atoms with Crippen LogP contribution in [0, 0.1) is 0 Å². The standard InChI is InChI=1S/C19H12O2/c20-16-11-14-8-4-7-13-9-10-15(12-5-2-1-3-6-12)18(17(13)14)19(16)21/h1-11,20H. The summed E-state index contributed by atoms with van der Waals surface area (Å²) < 4.78 is 0. The fourth-order valence-electron chi connectivity index (χ4n) is 2.96. The number of allylic oxidation sites excluding steroid dienone is 1. The van der Waals surface area contributed by atoms with Gasteiger partial charge < -0.3 is 5.11 Å². The zero-order valence-corrected chi connectivity index (χ0v) is 11.2. The molecule has 2 heteroatoms. The van der Waals surface area contributed by atoms with Crippen molar-refractivity contribution in [3.63, 3.8) is 0 Å². The highest BCUT2D eigenvalue weighted by molar-refractivity contribution is 6.24. The summed E-state index contributed by atoms with van der Waals surface area (Å²) >= 11 is 0. The Kier molecular flexibility index (Phi) is 2.45. The molecule has 3 aromatic rings. The monoisotopic (exact) mass is 272 g/mol. The number of rotatable bonds is 1. The first kappa shape index (κ1) is 11.9. The molecule has 0 saturated carbocycles. The Hall–Kier alpha value is -2.87. The van der Waals surface area contributed by atoms with Crippen molar-refractivity contribution in [2.75, 3.05) is 0 Å². The molecule has 0 radical (unpaired) electrons. The first-order chi connectivity index (χ1) is 10.3. The predicted octanol–water partition coefficient (Wildman–Crippen LogP) is 4.60. The summed E-state index contributed by atoms with van der Waals surface area (Å²) in [7, 11) is 0. The van der Waals surface area contributed by atoms with E-state index in [9.17, 15) is 9.90 Å². The Morgan fingerprint density at radius 3 is 2.43 bits per heavy atom. The molecule has 3 aromatic carbocycles. The smallest absolute Gasteiger partial charge is 0.228 e. The van der Waals surface area contributed by atoms with Crippen LogP contribution in [-0.4, -0.2) is 10.9 Å². The molecule has 100 valence electrons. The number of benzene rings is 3. The van der Waals surface area contributed by atoms with Gasteiger partial charge in [-0.3, -0.25) is 4.79 Å². The van der Waals surface area contributed by atoms with E-state index in [1.54, 1.807) is 6.08 Å². The van der Waals surface area contributed by atoms with Gasteiger partial charge in [-0.05, 0) is 28.2 Å². The largest absolute Gasteiger partial charge is 0.504 e. The average Bonchev–Trinajstić information content (AvgIpc) is 2.53. The third-order valence-corrected chi connectivity index (χ3v) is 3.91. The van der Waals surface area contributed by atoms with E-state index in [0.717, 1.165) is 27.5 Å². The number of ketones is 1. The van der Waals surface area contributed by atoms with Gasteiger partial charge in [0.05, 0.1) is 0 Å². The Morgan fingerprint density at radius 2 is 1.62 bits per heavy atom. The normalized spacial score (nSPS) is 13.3. The van der Waals surface area contributed by atoms with Crippen molar-refractivity contribution in [2.24, 2.45) is 0 Å².